The summed E-state index contributed by atoms with van der Waals surface area (Å²) in [5.74, 6) is -2.16. The Bertz CT molecular complexity index is 426. The van der Waals surface area contributed by atoms with Crippen molar-refractivity contribution in [1.29, 1.82) is 0 Å². The average Bonchev–Trinajstić information content (AvgIpc) is 2.31. The molecule has 0 fully saturated rings. The van der Waals surface area contributed by atoms with Crippen LogP contribution >= 0.6 is 0 Å². The lowest BCUT2D eigenvalue weighted by Gasteiger charge is -2.15. The molecule has 0 amide bonds. The van der Waals surface area contributed by atoms with Gasteiger partial charge in [0.1, 0.15) is 0 Å². The zero-order valence-electron chi connectivity index (χ0n) is 10.4. The Labute approximate surface area is 106 Å². The molecule has 4 heteroatoms. The van der Waals surface area contributed by atoms with Gasteiger partial charge in [0.05, 0.1) is 5.92 Å². The average molecular weight is 250 g/mol. The van der Waals surface area contributed by atoms with Gasteiger partial charge in [0.2, 0.25) is 0 Å². The van der Waals surface area contributed by atoms with Gasteiger partial charge in [-0.2, -0.15) is 0 Å². The number of aliphatic carboxylic acids is 2. The summed E-state index contributed by atoms with van der Waals surface area (Å²) in [6.45, 7) is 1.84. The molecule has 0 aromatic heterocycles. The van der Waals surface area contributed by atoms with Crippen LogP contribution in [0.25, 0.3) is 0 Å². The second kappa shape index (κ2) is 6.79. The Morgan fingerprint density at radius 2 is 1.89 bits per heavy atom. The van der Waals surface area contributed by atoms with Gasteiger partial charge in [0.15, 0.2) is 0 Å². The van der Waals surface area contributed by atoms with Crippen molar-refractivity contribution in [3.05, 3.63) is 35.4 Å². The van der Waals surface area contributed by atoms with E-state index in [-0.39, 0.29) is 6.42 Å². The topological polar surface area (TPSA) is 74.6 Å². The molecular weight excluding hydrogens is 232 g/mol. The van der Waals surface area contributed by atoms with E-state index < -0.39 is 17.9 Å². The van der Waals surface area contributed by atoms with Crippen molar-refractivity contribution in [3.63, 3.8) is 0 Å². The fraction of sp³-hybridized carbons (Fsp3) is 0.429. The second-order valence-electron chi connectivity index (χ2n) is 4.25. The summed E-state index contributed by atoms with van der Waals surface area (Å²) >= 11 is 0. The van der Waals surface area contributed by atoms with Crippen LogP contribution in [0.1, 0.15) is 43.2 Å². The molecule has 0 radical (unpaired) electrons. The SMILES string of the molecule is CCC(C(=O)O)c1ccccc1CCCC(=O)O. The largest absolute Gasteiger partial charge is 0.481 e. The lowest BCUT2D eigenvalue weighted by atomic mass is 9.90. The highest BCUT2D eigenvalue weighted by Crippen LogP contribution is 2.24. The molecule has 0 saturated heterocycles. The Hall–Kier alpha value is -1.84. The van der Waals surface area contributed by atoms with Crippen LogP contribution in [-0.2, 0) is 16.0 Å². The molecule has 0 aliphatic rings. The zero-order valence-corrected chi connectivity index (χ0v) is 10.4. The molecule has 1 rings (SSSR count). The first-order chi connectivity index (χ1) is 8.56. The van der Waals surface area contributed by atoms with Crippen molar-refractivity contribution in [2.75, 3.05) is 0 Å². The lowest BCUT2D eigenvalue weighted by molar-refractivity contribution is -0.139. The monoisotopic (exact) mass is 250 g/mol. The number of hydrogen-bond acceptors (Lipinski definition) is 2. The zero-order chi connectivity index (χ0) is 13.5. The van der Waals surface area contributed by atoms with Crippen LogP contribution in [0, 0.1) is 0 Å². The Balaban J connectivity index is 2.84. The van der Waals surface area contributed by atoms with Crippen molar-refractivity contribution in [1.82, 2.24) is 0 Å². The van der Waals surface area contributed by atoms with Gasteiger partial charge in [-0.1, -0.05) is 31.2 Å². The van der Waals surface area contributed by atoms with Crippen molar-refractivity contribution >= 4 is 11.9 Å². The van der Waals surface area contributed by atoms with Crippen LogP contribution in [0.4, 0.5) is 0 Å². The fourth-order valence-electron chi connectivity index (χ4n) is 2.06. The minimum atomic E-state index is -0.830. The number of carboxylic acid groups (broad SMARTS) is 2. The van der Waals surface area contributed by atoms with E-state index in [0.29, 0.717) is 19.3 Å². The number of hydrogen-bond donors (Lipinski definition) is 2. The van der Waals surface area contributed by atoms with Crippen molar-refractivity contribution in [2.45, 2.75) is 38.5 Å². The van der Waals surface area contributed by atoms with E-state index in [4.69, 9.17) is 5.11 Å². The van der Waals surface area contributed by atoms with Gasteiger partial charge in [-0.25, -0.2) is 0 Å². The van der Waals surface area contributed by atoms with Gasteiger partial charge in [-0.15, -0.1) is 0 Å². The van der Waals surface area contributed by atoms with E-state index in [1.807, 2.05) is 31.2 Å². The number of rotatable bonds is 7. The third-order valence-corrected chi connectivity index (χ3v) is 2.97. The van der Waals surface area contributed by atoms with Crippen molar-refractivity contribution in [3.8, 4) is 0 Å². The first-order valence-electron chi connectivity index (χ1n) is 6.08. The fourth-order valence-corrected chi connectivity index (χ4v) is 2.06. The normalized spacial score (nSPS) is 12.1. The Kier molecular flexibility index (Phi) is 5.36. The summed E-state index contributed by atoms with van der Waals surface area (Å²) in [4.78, 5) is 21.6. The smallest absolute Gasteiger partial charge is 0.310 e. The van der Waals surface area contributed by atoms with Crippen LogP contribution < -0.4 is 0 Å². The summed E-state index contributed by atoms with van der Waals surface area (Å²) in [5.41, 5.74) is 1.74. The van der Waals surface area contributed by atoms with Gasteiger partial charge in [-0.3, -0.25) is 9.59 Å². The summed E-state index contributed by atoms with van der Waals surface area (Å²) in [6.07, 6.45) is 1.78. The lowest BCUT2D eigenvalue weighted by Crippen LogP contribution is -2.12. The first kappa shape index (κ1) is 14.2. The number of carbonyl (C=O) groups is 2. The maximum absolute atomic E-state index is 11.2. The van der Waals surface area contributed by atoms with E-state index in [2.05, 4.69) is 0 Å². The quantitative estimate of drug-likeness (QED) is 0.780. The predicted octanol–water partition coefficient (Wildman–Crippen LogP) is 2.67. The molecule has 98 valence electrons. The molecular formula is C14H18O4. The summed E-state index contributed by atoms with van der Waals surface area (Å²) in [5, 5.41) is 17.8. The molecule has 1 aromatic rings. The van der Waals surface area contributed by atoms with Gasteiger partial charge in [0.25, 0.3) is 0 Å². The molecule has 1 aromatic carbocycles. The molecule has 2 N–H and O–H groups in total. The molecule has 0 heterocycles. The molecule has 0 spiro atoms. The van der Waals surface area contributed by atoms with Gasteiger partial charge in [-0.05, 0) is 30.4 Å². The molecule has 1 unspecified atom stereocenters. The molecule has 4 nitrogen and oxygen atoms in total. The van der Waals surface area contributed by atoms with Gasteiger partial charge in [0, 0.05) is 6.42 Å². The molecule has 0 aliphatic carbocycles. The summed E-state index contributed by atoms with van der Waals surface area (Å²) < 4.78 is 0. The standard InChI is InChI=1S/C14H18O4/c1-2-11(14(17)18)12-8-4-3-6-10(12)7-5-9-13(15)16/h3-4,6,8,11H,2,5,7,9H2,1H3,(H,15,16)(H,17,18). The number of benzene rings is 1. The Morgan fingerprint density at radius 1 is 1.22 bits per heavy atom. The van der Waals surface area contributed by atoms with Gasteiger partial charge >= 0.3 is 11.9 Å². The second-order valence-corrected chi connectivity index (χ2v) is 4.25. The third-order valence-electron chi connectivity index (χ3n) is 2.97. The Morgan fingerprint density at radius 3 is 2.44 bits per heavy atom. The highest BCUT2D eigenvalue weighted by molar-refractivity contribution is 5.76. The van der Waals surface area contributed by atoms with E-state index in [9.17, 15) is 14.7 Å². The molecule has 0 aliphatic heterocycles. The van der Waals surface area contributed by atoms with E-state index in [0.717, 1.165) is 11.1 Å². The number of aryl methyl sites for hydroxylation is 1. The maximum Gasteiger partial charge on any atom is 0.310 e. The molecule has 0 bridgehead atoms. The summed E-state index contributed by atoms with van der Waals surface area (Å²) in [7, 11) is 0. The minimum absolute atomic E-state index is 0.109. The van der Waals surface area contributed by atoms with Crippen LogP contribution in [-0.4, -0.2) is 22.2 Å². The van der Waals surface area contributed by atoms with E-state index in [1.54, 1.807) is 0 Å². The highest BCUT2D eigenvalue weighted by Gasteiger charge is 2.20. The van der Waals surface area contributed by atoms with Crippen LogP contribution in [0.5, 0.6) is 0 Å². The van der Waals surface area contributed by atoms with E-state index >= 15 is 0 Å². The predicted molar refractivity (Wildman–Crippen MR) is 67.7 cm³/mol. The maximum atomic E-state index is 11.2. The molecule has 18 heavy (non-hydrogen) atoms. The third kappa shape index (κ3) is 3.87. The first-order valence-corrected chi connectivity index (χ1v) is 6.08. The van der Waals surface area contributed by atoms with Crippen LogP contribution in [0.3, 0.4) is 0 Å². The highest BCUT2D eigenvalue weighted by atomic mass is 16.4. The summed E-state index contributed by atoms with van der Waals surface area (Å²) in [6, 6.07) is 7.37. The van der Waals surface area contributed by atoms with Crippen LogP contribution in [0.15, 0.2) is 24.3 Å². The van der Waals surface area contributed by atoms with Gasteiger partial charge < -0.3 is 10.2 Å². The van der Waals surface area contributed by atoms with E-state index in [1.165, 1.54) is 0 Å². The van der Waals surface area contributed by atoms with Crippen molar-refractivity contribution < 1.29 is 19.8 Å². The molecule has 0 saturated carbocycles. The number of carboxylic acids is 2. The van der Waals surface area contributed by atoms with Crippen LogP contribution in [0.2, 0.25) is 0 Å². The molecule has 1 atom stereocenters. The van der Waals surface area contributed by atoms with Crippen molar-refractivity contribution in [2.24, 2.45) is 0 Å². The minimum Gasteiger partial charge on any atom is -0.481 e.